The second-order valence-electron chi connectivity index (χ2n) is 5.21. The van der Waals surface area contributed by atoms with E-state index < -0.39 is 0 Å². The molecule has 0 aliphatic heterocycles. The van der Waals surface area contributed by atoms with Gasteiger partial charge in [-0.1, -0.05) is 34.1 Å². The van der Waals surface area contributed by atoms with Crippen molar-refractivity contribution in [2.75, 3.05) is 19.0 Å². The van der Waals surface area contributed by atoms with E-state index in [0.29, 0.717) is 12.2 Å². The van der Waals surface area contributed by atoms with Crippen LogP contribution in [0.2, 0.25) is 0 Å². The van der Waals surface area contributed by atoms with Gasteiger partial charge in [0.2, 0.25) is 0 Å². The summed E-state index contributed by atoms with van der Waals surface area (Å²) < 4.78 is 15.3. The van der Waals surface area contributed by atoms with Gasteiger partial charge >= 0.3 is 0 Å². The molecule has 0 aliphatic rings. The molecule has 0 aliphatic carbocycles. The largest absolute Gasteiger partial charge is 0.368 e. The first kappa shape index (κ1) is 16.0. The van der Waals surface area contributed by atoms with E-state index in [0.717, 1.165) is 15.6 Å². The molecule has 0 amide bonds. The lowest BCUT2D eigenvalue weighted by Crippen LogP contribution is -2.18. The van der Waals surface area contributed by atoms with Crippen LogP contribution in [-0.2, 0) is 6.54 Å². The summed E-state index contributed by atoms with van der Waals surface area (Å²) in [4.78, 5) is 1.92. The lowest BCUT2D eigenvalue weighted by atomic mass is 10.1. The van der Waals surface area contributed by atoms with Gasteiger partial charge in [0.15, 0.2) is 0 Å². The summed E-state index contributed by atoms with van der Waals surface area (Å²) in [7, 11) is 3.77. The Morgan fingerprint density at radius 1 is 1.24 bits per heavy atom. The molecule has 0 aromatic heterocycles. The number of hydrogen-bond acceptors (Lipinski definition) is 2. The Morgan fingerprint density at radius 3 is 2.62 bits per heavy atom. The molecular formula is C17H20BrFN2. The molecule has 2 aromatic carbocycles. The topological polar surface area (TPSA) is 15.3 Å². The average molecular weight is 351 g/mol. The summed E-state index contributed by atoms with van der Waals surface area (Å²) in [6.07, 6.45) is 0. The zero-order valence-electron chi connectivity index (χ0n) is 12.5. The highest BCUT2D eigenvalue weighted by Gasteiger charge is 2.11. The number of rotatable bonds is 5. The maximum Gasteiger partial charge on any atom is 0.146 e. The molecule has 21 heavy (non-hydrogen) atoms. The highest BCUT2D eigenvalue weighted by Crippen LogP contribution is 2.24. The van der Waals surface area contributed by atoms with Crippen molar-refractivity contribution in [3.05, 3.63) is 63.9 Å². The van der Waals surface area contributed by atoms with Gasteiger partial charge < -0.3 is 10.2 Å². The number of benzene rings is 2. The van der Waals surface area contributed by atoms with Gasteiger partial charge in [-0.25, -0.2) is 4.39 Å². The molecule has 1 unspecified atom stereocenters. The fourth-order valence-electron chi connectivity index (χ4n) is 2.26. The zero-order chi connectivity index (χ0) is 15.4. The number of anilines is 1. The van der Waals surface area contributed by atoms with Crippen LogP contribution in [0.15, 0.2) is 46.9 Å². The SMILES string of the molecule is CNC(C)c1ccc(N(C)Cc2cccc(Br)c2)c(F)c1. The van der Waals surface area contributed by atoms with Crippen molar-refractivity contribution in [3.8, 4) is 0 Å². The quantitative estimate of drug-likeness (QED) is 0.853. The fraction of sp³-hybridized carbons (Fsp3) is 0.294. The monoisotopic (exact) mass is 350 g/mol. The Balaban J connectivity index is 2.17. The van der Waals surface area contributed by atoms with E-state index in [1.165, 1.54) is 0 Å². The summed E-state index contributed by atoms with van der Waals surface area (Å²) in [6.45, 7) is 2.68. The van der Waals surface area contributed by atoms with Crippen LogP contribution in [0.5, 0.6) is 0 Å². The summed E-state index contributed by atoms with van der Waals surface area (Å²) in [5.74, 6) is -0.188. The third-order valence-corrected chi connectivity index (χ3v) is 4.12. The molecule has 0 spiro atoms. The van der Waals surface area contributed by atoms with Gasteiger partial charge in [-0.3, -0.25) is 0 Å². The molecule has 2 nitrogen and oxygen atoms in total. The predicted molar refractivity (Wildman–Crippen MR) is 90.1 cm³/mol. The van der Waals surface area contributed by atoms with Crippen LogP contribution >= 0.6 is 15.9 Å². The molecular weight excluding hydrogens is 331 g/mol. The van der Waals surface area contributed by atoms with Gasteiger partial charge in [-0.15, -0.1) is 0 Å². The van der Waals surface area contributed by atoms with Crippen LogP contribution in [0.25, 0.3) is 0 Å². The highest BCUT2D eigenvalue weighted by molar-refractivity contribution is 9.10. The lowest BCUT2D eigenvalue weighted by molar-refractivity contribution is 0.605. The van der Waals surface area contributed by atoms with Crippen molar-refractivity contribution < 1.29 is 4.39 Å². The van der Waals surface area contributed by atoms with Gasteiger partial charge in [-0.05, 0) is 49.4 Å². The van der Waals surface area contributed by atoms with E-state index in [2.05, 4.69) is 21.2 Å². The highest BCUT2D eigenvalue weighted by atomic mass is 79.9. The predicted octanol–water partition coefficient (Wildman–Crippen LogP) is 4.51. The van der Waals surface area contributed by atoms with Crippen LogP contribution in [0, 0.1) is 5.82 Å². The number of hydrogen-bond donors (Lipinski definition) is 1. The van der Waals surface area contributed by atoms with Crippen molar-refractivity contribution in [2.45, 2.75) is 19.5 Å². The van der Waals surface area contributed by atoms with Gasteiger partial charge in [0.05, 0.1) is 5.69 Å². The molecule has 112 valence electrons. The molecule has 0 fully saturated rings. The van der Waals surface area contributed by atoms with Gasteiger partial charge in [-0.2, -0.15) is 0 Å². The molecule has 2 rings (SSSR count). The first-order chi connectivity index (χ1) is 10.0. The molecule has 2 aromatic rings. The standard InChI is InChI=1S/C17H20BrFN2/c1-12(20-2)14-7-8-17(16(19)10-14)21(3)11-13-5-4-6-15(18)9-13/h4-10,12,20H,11H2,1-3H3. The molecule has 4 heteroatoms. The minimum atomic E-state index is -0.188. The van der Waals surface area contributed by atoms with Crippen molar-refractivity contribution in [2.24, 2.45) is 0 Å². The number of nitrogens with one attached hydrogen (secondary N) is 1. The van der Waals surface area contributed by atoms with E-state index in [-0.39, 0.29) is 11.9 Å². The van der Waals surface area contributed by atoms with Crippen molar-refractivity contribution in [3.63, 3.8) is 0 Å². The van der Waals surface area contributed by atoms with Crippen molar-refractivity contribution >= 4 is 21.6 Å². The van der Waals surface area contributed by atoms with Crippen LogP contribution in [0.3, 0.4) is 0 Å². The van der Waals surface area contributed by atoms with Crippen molar-refractivity contribution in [1.82, 2.24) is 5.32 Å². The van der Waals surface area contributed by atoms with E-state index >= 15 is 0 Å². The minimum absolute atomic E-state index is 0.143. The van der Waals surface area contributed by atoms with E-state index in [4.69, 9.17) is 0 Å². The lowest BCUT2D eigenvalue weighted by Gasteiger charge is -2.21. The summed E-state index contributed by atoms with van der Waals surface area (Å²) in [5.41, 5.74) is 2.70. The van der Waals surface area contributed by atoms with Crippen LogP contribution in [0.4, 0.5) is 10.1 Å². The third kappa shape index (κ3) is 4.05. The van der Waals surface area contributed by atoms with Gasteiger partial charge in [0.1, 0.15) is 5.82 Å². The molecule has 1 N–H and O–H groups in total. The zero-order valence-corrected chi connectivity index (χ0v) is 14.1. The van der Waals surface area contributed by atoms with Crippen molar-refractivity contribution in [1.29, 1.82) is 0 Å². The number of nitrogens with zero attached hydrogens (tertiary/aromatic N) is 1. The van der Waals surface area contributed by atoms with E-state index in [1.54, 1.807) is 6.07 Å². The summed E-state index contributed by atoms with van der Waals surface area (Å²) >= 11 is 3.46. The maximum absolute atomic E-state index is 14.3. The first-order valence-corrected chi connectivity index (χ1v) is 7.73. The Kier molecular flexibility index (Phi) is 5.37. The Morgan fingerprint density at radius 2 is 2.00 bits per heavy atom. The third-order valence-electron chi connectivity index (χ3n) is 3.62. The Hall–Kier alpha value is -1.39. The van der Waals surface area contributed by atoms with Crippen LogP contribution < -0.4 is 10.2 Å². The molecule has 0 bridgehead atoms. The maximum atomic E-state index is 14.3. The number of halogens is 2. The summed E-state index contributed by atoms with van der Waals surface area (Å²) in [5, 5.41) is 3.12. The minimum Gasteiger partial charge on any atom is -0.368 e. The van der Waals surface area contributed by atoms with E-state index in [9.17, 15) is 4.39 Å². The molecule has 0 saturated heterocycles. The van der Waals surface area contributed by atoms with Crippen LogP contribution in [0.1, 0.15) is 24.1 Å². The van der Waals surface area contributed by atoms with E-state index in [1.807, 2.05) is 62.3 Å². The van der Waals surface area contributed by atoms with Gasteiger partial charge in [0.25, 0.3) is 0 Å². The Labute approximate surface area is 134 Å². The normalized spacial score (nSPS) is 12.2. The molecule has 0 heterocycles. The fourth-order valence-corrected chi connectivity index (χ4v) is 2.71. The summed E-state index contributed by atoms with van der Waals surface area (Å²) in [6, 6.07) is 13.6. The molecule has 1 atom stereocenters. The molecule has 0 saturated carbocycles. The second kappa shape index (κ2) is 7.05. The smallest absolute Gasteiger partial charge is 0.146 e. The average Bonchev–Trinajstić information content (AvgIpc) is 2.46. The van der Waals surface area contributed by atoms with Crippen LogP contribution in [-0.4, -0.2) is 14.1 Å². The Bertz CT molecular complexity index is 615. The first-order valence-electron chi connectivity index (χ1n) is 6.93. The molecule has 0 radical (unpaired) electrons. The van der Waals surface area contributed by atoms with Gasteiger partial charge in [0, 0.05) is 24.1 Å². The second-order valence-corrected chi connectivity index (χ2v) is 6.12.